The Morgan fingerprint density at radius 3 is 0.691 bits per heavy atom. The van der Waals surface area contributed by atoms with Crippen LogP contribution in [-0.2, 0) is 81.0 Å². The van der Waals surface area contributed by atoms with E-state index in [0.717, 1.165) is 226 Å². The van der Waals surface area contributed by atoms with E-state index in [2.05, 4.69) is 96.9 Å². The highest BCUT2D eigenvalue weighted by Crippen LogP contribution is 2.31. The third-order valence-corrected chi connectivity index (χ3v) is 23.4. The fourth-order valence-electron chi connectivity index (χ4n) is 14.8. The number of amides is 3. The molecule has 0 aromatic carbocycles. The van der Waals surface area contributed by atoms with Crippen LogP contribution in [-0.4, -0.2) is 219 Å². The van der Waals surface area contributed by atoms with E-state index in [9.17, 15) is 43.2 Å². The molecule has 3 heterocycles. The zero-order valence-corrected chi connectivity index (χ0v) is 95.5. The summed E-state index contributed by atoms with van der Waals surface area (Å²) in [6, 6.07) is 0. The van der Waals surface area contributed by atoms with Gasteiger partial charge in [0.1, 0.15) is 34.7 Å². The van der Waals surface area contributed by atoms with Crippen LogP contribution in [0.1, 0.15) is 486 Å². The zero-order valence-electron chi connectivity index (χ0n) is 95.5. The van der Waals surface area contributed by atoms with Crippen molar-refractivity contribution in [2.45, 2.75) is 514 Å². The van der Waals surface area contributed by atoms with E-state index in [1.165, 1.54) is 77.0 Å². The van der Waals surface area contributed by atoms with E-state index >= 15 is 0 Å². The Morgan fingerprint density at radius 2 is 0.463 bits per heavy atom. The molecule has 0 saturated carbocycles. The standard InChI is InChI=1S/C20H37NO3.C20H40O3.2C19H35NO3.C18H36O3.C15H30O3.C4H10/c1-16(2)24-15-9-7-6-8-10-18(22)21-13-11-17(12-14-21)19(23)20(3,4)5;1-19(2,3)18(21)14-17-22-15-12-10-8-7-9-11-13-16-23-20(4,5)6;1-18(2,3)17(22)15-10-12-20(13-11-15)16(21)9-7-8-14-23-19(4,5)6;1-15(2)18(22)16-10-12-20(13-11-16)17(21)9-7-6-8-14-23-19(3,4)5;1-17(2,3)16(19)12-15-20-13-10-8-7-9-11-14-21-18(4,5)6;1-15(2,3)14(17)10-13-18-12-9-7-5-4-6-8-11-16;1-4(2)3/h16-17H,6-15H2,1-5H3;7-17H2,1-6H3;15H,7-14H2,1-6H3;15-16H,6-14H2,1-5H3;7-15H2,1-6H3;16H,4-13H2,1-3H3;4H,1-3H3. The second kappa shape index (κ2) is 77.6. The number of hydrogen-bond donors (Lipinski definition) is 1. The topological polar surface area (TPSA) is 257 Å². The molecule has 0 spiro atoms. The van der Waals surface area contributed by atoms with Crippen molar-refractivity contribution in [3.8, 4) is 0 Å². The minimum Gasteiger partial charge on any atom is -0.396 e. The third kappa shape index (κ3) is 87.8. The van der Waals surface area contributed by atoms with E-state index in [1.54, 1.807) is 0 Å². The summed E-state index contributed by atoms with van der Waals surface area (Å²) in [7, 11) is 0. The largest absolute Gasteiger partial charge is 0.396 e. The van der Waals surface area contributed by atoms with Crippen LogP contribution in [0.15, 0.2) is 0 Å². The monoisotopic (exact) mass is 1930 g/mol. The Morgan fingerprint density at radius 1 is 0.257 bits per heavy atom. The minimum atomic E-state index is -0.274. The van der Waals surface area contributed by atoms with Crippen LogP contribution in [0.3, 0.4) is 0 Å². The fraction of sp³-hybridized carbons (Fsp3) is 0.922. The number of aliphatic hydroxyl groups is 1. The zero-order chi connectivity index (χ0) is 105. The van der Waals surface area contributed by atoms with Crippen molar-refractivity contribution in [2.24, 2.45) is 56.7 Å². The SMILES string of the molecule is CC(C)(C)C(=O)CCOCCCCCCCCO.CC(C)(C)OCCCCC(=O)N1CCC(C(=O)C(C)(C)C)CC1.CC(C)(C)OCCCCCCCCCOCCC(=O)C(C)(C)C.CC(C)(C)OCCCCCCCOCCC(=O)C(C)(C)C.CC(C)C.CC(C)C(=O)C1CCN(C(=O)CCCCCOC(C)(C)C)CC1.CC(C)OCCCCCCC(=O)N1CCC(C(=O)C(C)(C)C)CC1. The molecule has 3 aliphatic heterocycles. The van der Waals surface area contributed by atoms with Gasteiger partial charge in [-0.3, -0.25) is 43.2 Å². The van der Waals surface area contributed by atoms with Gasteiger partial charge < -0.3 is 57.7 Å². The number of carbonyl (C=O) groups excluding carboxylic acids is 9. The molecule has 3 aliphatic rings. The van der Waals surface area contributed by atoms with Crippen LogP contribution in [0.4, 0.5) is 0 Å². The predicted octanol–water partition coefficient (Wildman–Crippen LogP) is 27.2. The summed E-state index contributed by atoms with van der Waals surface area (Å²) in [5.41, 5.74) is -1.45. The Hall–Kier alpha value is -3.93. The quantitative estimate of drug-likeness (QED) is 0.0555. The first-order valence-electron chi connectivity index (χ1n) is 54.5. The molecule has 0 aromatic heterocycles. The summed E-state index contributed by atoms with van der Waals surface area (Å²) >= 11 is 0. The number of ketones is 6. The van der Waals surface area contributed by atoms with Gasteiger partial charge in [0.15, 0.2) is 0 Å². The third-order valence-electron chi connectivity index (χ3n) is 23.4. The molecular weight excluding hydrogens is 1710 g/mol. The first-order valence-corrected chi connectivity index (χ1v) is 54.5. The summed E-state index contributed by atoms with van der Waals surface area (Å²) in [5.74, 6) is 3.97. The lowest BCUT2D eigenvalue weighted by Gasteiger charge is -2.34. The molecule has 3 amide bonds. The summed E-state index contributed by atoms with van der Waals surface area (Å²) in [4.78, 5) is 114. The van der Waals surface area contributed by atoms with Gasteiger partial charge in [0.2, 0.25) is 17.7 Å². The number of unbranched alkanes of at least 4 members (excludes halogenated alkanes) is 21. The molecule has 0 aromatic rings. The number of nitrogens with zero attached hydrogens (tertiary/aromatic N) is 3. The lowest BCUT2D eigenvalue weighted by molar-refractivity contribution is -0.137. The molecule has 21 heteroatoms. The van der Waals surface area contributed by atoms with E-state index in [0.29, 0.717) is 95.0 Å². The number of hydrogen-bond acceptors (Lipinski definition) is 18. The van der Waals surface area contributed by atoms with Crippen LogP contribution < -0.4 is 0 Å². The van der Waals surface area contributed by atoms with Crippen LogP contribution in [0.5, 0.6) is 0 Å². The van der Waals surface area contributed by atoms with E-state index in [4.69, 9.17) is 43.0 Å². The van der Waals surface area contributed by atoms with Gasteiger partial charge in [-0.1, -0.05) is 235 Å². The van der Waals surface area contributed by atoms with Gasteiger partial charge in [-0.15, -0.1) is 0 Å². The van der Waals surface area contributed by atoms with Crippen LogP contribution >= 0.6 is 0 Å². The molecular formula is C115H223N3O18. The maximum atomic E-state index is 12.3. The summed E-state index contributed by atoms with van der Waals surface area (Å²) in [6.07, 6.45) is 39.0. The number of aliphatic hydroxyl groups excluding tert-OH is 1. The summed E-state index contributed by atoms with van der Waals surface area (Å²) in [6.45, 7) is 81.7. The lowest BCUT2D eigenvalue weighted by atomic mass is 9.79. The highest BCUT2D eigenvalue weighted by Gasteiger charge is 2.36. The van der Waals surface area contributed by atoms with Gasteiger partial charge in [0.05, 0.1) is 48.3 Å². The molecule has 0 atom stereocenters. The molecule has 806 valence electrons. The second-order valence-corrected chi connectivity index (χ2v) is 48.9. The van der Waals surface area contributed by atoms with Crippen molar-refractivity contribution in [2.75, 3.05) is 119 Å². The van der Waals surface area contributed by atoms with Gasteiger partial charge in [0.25, 0.3) is 0 Å². The normalized spacial score (nSPS) is 14.6. The first kappa shape index (κ1) is 138. The van der Waals surface area contributed by atoms with Crippen molar-refractivity contribution in [3.05, 3.63) is 0 Å². The van der Waals surface area contributed by atoms with Gasteiger partial charge in [-0.05, 0) is 218 Å². The average molecular weight is 1940 g/mol. The first-order chi connectivity index (χ1) is 62.9. The van der Waals surface area contributed by atoms with Crippen LogP contribution in [0.25, 0.3) is 0 Å². The highest BCUT2D eigenvalue weighted by molar-refractivity contribution is 5.88. The van der Waals surface area contributed by atoms with Crippen molar-refractivity contribution >= 4 is 52.4 Å². The van der Waals surface area contributed by atoms with E-state index in [-0.39, 0.29) is 108 Å². The molecule has 3 rings (SSSR count). The number of likely N-dealkylation sites (tertiary alicyclic amines) is 3. The van der Waals surface area contributed by atoms with E-state index in [1.807, 2.05) is 153 Å². The fourth-order valence-corrected chi connectivity index (χ4v) is 14.8. The molecule has 3 saturated heterocycles. The number of carbonyl (C=O) groups is 9. The molecule has 3 fully saturated rings. The number of ether oxygens (including phenoxy) is 8. The molecule has 21 nitrogen and oxygen atoms in total. The van der Waals surface area contributed by atoms with Gasteiger partial charge in [0, 0.05) is 188 Å². The number of piperidine rings is 3. The number of rotatable bonds is 58. The molecule has 0 bridgehead atoms. The van der Waals surface area contributed by atoms with Crippen molar-refractivity contribution in [1.29, 1.82) is 0 Å². The summed E-state index contributed by atoms with van der Waals surface area (Å²) < 4.78 is 44.8. The van der Waals surface area contributed by atoms with Crippen molar-refractivity contribution < 1.29 is 86.2 Å². The highest BCUT2D eigenvalue weighted by atomic mass is 16.5. The maximum Gasteiger partial charge on any atom is 0.222 e. The second-order valence-electron chi connectivity index (χ2n) is 48.9. The molecule has 0 aliphatic carbocycles. The van der Waals surface area contributed by atoms with Gasteiger partial charge >= 0.3 is 0 Å². The summed E-state index contributed by atoms with van der Waals surface area (Å²) in [5, 5.41) is 8.62. The Balaban J connectivity index is -0.000000763. The van der Waals surface area contributed by atoms with Crippen LogP contribution in [0, 0.1) is 56.7 Å². The van der Waals surface area contributed by atoms with Gasteiger partial charge in [-0.2, -0.15) is 0 Å². The smallest absolute Gasteiger partial charge is 0.222 e. The van der Waals surface area contributed by atoms with Gasteiger partial charge in [-0.25, -0.2) is 0 Å². The molecule has 1 N–H and O–H groups in total. The van der Waals surface area contributed by atoms with E-state index < -0.39 is 0 Å². The Kier molecular flexibility index (Phi) is 78.9. The maximum absolute atomic E-state index is 12.3. The Bertz CT molecular complexity index is 3000. The predicted molar refractivity (Wildman–Crippen MR) is 566 cm³/mol. The molecule has 0 radical (unpaired) electrons. The average Bonchev–Trinajstić information content (AvgIpc) is 0.842. The lowest BCUT2D eigenvalue weighted by Crippen LogP contribution is -2.42. The number of Topliss-reactive ketones (excluding diaryl/α,β-unsaturated/α-hetero) is 6. The van der Waals surface area contributed by atoms with Crippen LogP contribution in [0.2, 0.25) is 0 Å². The van der Waals surface area contributed by atoms with Crippen molar-refractivity contribution in [1.82, 2.24) is 14.7 Å². The molecule has 0 unspecified atom stereocenters. The molecule has 136 heavy (non-hydrogen) atoms. The Labute approximate surface area is 838 Å². The minimum absolute atomic E-state index is 0.00249. The van der Waals surface area contributed by atoms with Crippen molar-refractivity contribution in [3.63, 3.8) is 0 Å².